The molecule has 0 saturated carbocycles. The Morgan fingerprint density at radius 1 is 1.39 bits per heavy atom. The Morgan fingerprint density at radius 3 is 2.83 bits per heavy atom. The van der Waals surface area contributed by atoms with Gasteiger partial charge in [0.2, 0.25) is 0 Å². The number of hydrogen-bond donors (Lipinski definition) is 0. The Kier molecular flexibility index (Phi) is 4.07. The van der Waals surface area contributed by atoms with E-state index in [2.05, 4.69) is 6.08 Å². The summed E-state index contributed by atoms with van der Waals surface area (Å²) in [7, 11) is 0. The van der Waals surface area contributed by atoms with Gasteiger partial charge in [-0.3, -0.25) is 9.59 Å². The topological polar surface area (TPSA) is 43.4 Å². The van der Waals surface area contributed by atoms with Gasteiger partial charge in [0.15, 0.2) is 5.12 Å². The van der Waals surface area contributed by atoms with Crippen molar-refractivity contribution < 1.29 is 14.3 Å². The first kappa shape index (κ1) is 13.1. The zero-order valence-electron chi connectivity index (χ0n) is 10.5. The molecule has 4 heteroatoms. The fraction of sp³-hybridized carbons (Fsp3) is 0.429. The van der Waals surface area contributed by atoms with Crippen LogP contribution in [-0.2, 0) is 14.3 Å². The highest BCUT2D eigenvalue weighted by Gasteiger charge is 2.28. The molecule has 0 aromatic rings. The first-order valence-corrected chi connectivity index (χ1v) is 6.87. The second-order valence-corrected chi connectivity index (χ2v) is 5.91. The van der Waals surface area contributed by atoms with Gasteiger partial charge in [-0.25, -0.2) is 0 Å². The predicted octanol–water partition coefficient (Wildman–Crippen LogP) is 2.99. The number of esters is 1. The summed E-state index contributed by atoms with van der Waals surface area (Å²) in [5.74, 6) is 0.692. The molecule has 0 aromatic heterocycles. The number of thioether (sulfide) groups is 1. The molecule has 2 aliphatic rings. The SMILES string of the molecule is CC(=O)OC1=CCC(SC(C)=O)C2C=CC=C1C2. The molecule has 0 N–H and O–H groups in total. The molecule has 0 heterocycles. The molecule has 18 heavy (non-hydrogen) atoms. The molecule has 0 fully saturated rings. The minimum Gasteiger partial charge on any atom is -0.427 e. The van der Waals surface area contributed by atoms with Crippen LogP contribution in [0.5, 0.6) is 0 Å². The van der Waals surface area contributed by atoms with Crippen molar-refractivity contribution in [3.05, 3.63) is 35.6 Å². The Labute approximate surface area is 111 Å². The molecule has 2 bridgehead atoms. The van der Waals surface area contributed by atoms with Crippen molar-refractivity contribution >= 4 is 22.8 Å². The number of hydrogen-bond acceptors (Lipinski definition) is 4. The Bertz CT molecular complexity index is 460. The average Bonchev–Trinajstić information content (AvgIpc) is 2.40. The lowest BCUT2D eigenvalue weighted by Gasteiger charge is -2.22. The van der Waals surface area contributed by atoms with Crippen LogP contribution in [0.2, 0.25) is 0 Å². The summed E-state index contributed by atoms with van der Waals surface area (Å²) < 4.78 is 5.24. The van der Waals surface area contributed by atoms with Crippen molar-refractivity contribution in [1.82, 2.24) is 0 Å². The number of fused-ring (bicyclic) bond motifs is 2. The fourth-order valence-corrected chi connectivity index (χ4v) is 3.26. The molecule has 0 aromatic carbocycles. The molecule has 2 aliphatic carbocycles. The van der Waals surface area contributed by atoms with Crippen molar-refractivity contribution in [3.63, 3.8) is 0 Å². The average molecular weight is 264 g/mol. The molecule has 96 valence electrons. The van der Waals surface area contributed by atoms with Gasteiger partial charge in [0.1, 0.15) is 5.76 Å². The van der Waals surface area contributed by atoms with E-state index < -0.39 is 0 Å². The molecule has 0 amide bonds. The van der Waals surface area contributed by atoms with Gasteiger partial charge in [-0.05, 0) is 30.4 Å². The molecule has 2 rings (SSSR count). The Balaban J connectivity index is 2.21. The van der Waals surface area contributed by atoms with Crippen LogP contribution in [0.1, 0.15) is 26.7 Å². The van der Waals surface area contributed by atoms with Gasteiger partial charge in [0, 0.05) is 19.1 Å². The normalized spacial score (nSPS) is 25.9. The third kappa shape index (κ3) is 3.13. The molecule has 3 nitrogen and oxygen atoms in total. The molecule has 0 radical (unpaired) electrons. The lowest BCUT2D eigenvalue weighted by molar-refractivity contribution is -0.136. The quantitative estimate of drug-likeness (QED) is 0.719. The maximum atomic E-state index is 11.3. The predicted molar refractivity (Wildman–Crippen MR) is 71.9 cm³/mol. The van der Waals surface area contributed by atoms with Gasteiger partial charge in [-0.2, -0.15) is 0 Å². The third-order valence-electron chi connectivity index (χ3n) is 3.01. The Morgan fingerprint density at radius 2 is 2.17 bits per heavy atom. The van der Waals surface area contributed by atoms with E-state index >= 15 is 0 Å². The monoisotopic (exact) mass is 264 g/mol. The van der Waals surface area contributed by atoms with E-state index in [0.29, 0.717) is 11.7 Å². The zero-order valence-corrected chi connectivity index (χ0v) is 11.3. The van der Waals surface area contributed by atoms with Gasteiger partial charge in [0.25, 0.3) is 0 Å². The van der Waals surface area contributed by atoms with Crippen LogP contribution in [0, 0.1) is 5.92 Å². The van der Waals surface area contributed by atoms with Crippen molar-refractivity contribution in [2.24, 2.45) is 5.92 Å². The standard InChI is InChI=1S/C14H16O3S/c1-9(15)17-13-6-7-14(18-10(2)16)12-5-3-4-11(13)8-12/h3-6,12,14H,7-8H2,1-2H3. The van der Waals surface area contributed by atoms with Crippen LogP contribution in [0.3, 0.4) is 0 Å². The Hall–Kier alpha value is -1.29. The molecule has 2 atom stereocenters. The summed E-state index contributed by atoms with van der Waals surface area (Å²) >= 11 is 1.38. The van der Waals surface area contributed by atoms with Crippen LogP contribution in [-0.4, -0.2) is 16.3 Å². The fourth-order valence-electron chi connectivity index (χ4n) is 2.28. The lowest BCUT2D eigenvalue weighted by Crippen LogP contribution is -2.17. The second-order valence-electron chi connectivity index (χ2n) is 4.49. The van der Waals surface area contributed by atoms with Crippen LogP contribution >= 0.6 is 11.8 Å². The van der Waals surface area contributed by atoms with E-state index in [1.807, 2.05) is 18.2 Å². The van der Waals surface area contributed by atoms with E-state index in [9.17, 15) is 9.59 Å². The first-order valence-electron chi connectivity index (χ1n) is 6.00. The van der Waals surface area contributed by atoms with Gasteiger partial charge in [-0.1, -0.05) is 30.0 Å². The molecular formula is C14H16O3S. The molecule has 0 saturated heterocycles. The maximum absolute atomic E-state index is 11.3. The number of allylic oxidation sites excluding steroid dienone is 5. The largest absolute Gasteiger partial charge is 0.427 e. The van der Waals surface area contributed by atoms with E-state index in [-0.39, 0.29) is 16.3 Å². The van der Waals surface area contributed by atoms with Crippen molar-refractivity contribution in [1.29, 1.82) is 0 Å². The van der Waals surface area contributed by atoms with Gasteiger partial charge in [0.05, 0.1) is 0 Å². The maximum Gasteiger partial charge on any atom is 0.308 e. The number of rotatable bonds is 2. The van der Waals surface area contributed by atoms with E-state index in [0.717, 1.165) is 18.4 Å². The van der Waals surface area contributed by atoms with E-state index in [4.69, 9.17) is 4.74 Å². The summed E-state index contributed by atoms with van der Waals surface area (Å²) in [6.45, 7) is 3.00. The third-order valence-corrected chi connectivity index (χ3v) is 4.19. The molecule has 0 spiro atoms. The van der Waals surface area contributed by atoms with Crippen molar-refractivity contribution in [3.8, 4) is 0 Å². The molecule has 2 unspecified atom stereocenters. The highest BCUT2D eigenvalue weighted by atomic mass is 32.2. The summed E-state index contributed by atoms with van der Waals surface area (Å²) in [5.41, 5.74) is 1.05. The van der Waals surface area contributed by atoms with Crippen LogP contribution in [0.25, 0.3) is 0 Å². The highest BCUT2D eigenvalue weighted by Crippen LogP contribution is 2.37. The minimum atomic E-state index is -0.300. The zero-order chi connectivity index (χ0) is 13.1. The van der Waals surface area contributed by atoms with Gasteiger partial charge < -0.3 is 4.74 Å². The highest BCUT2D eigenvalue weighted by molar-refractivity contribution is 8.14. The van der Waals surface area contributed by atoms with Crippen molar-refractivity contribution in [2.45, 2.75) is 31.9 Å². The summed E-state index contributed by atoms with van der Waals surface area (Å²) in [4.78, 5) is 22.3. The van der Waals surface area contributed by atoms with Gasteiger partial charge in [-0.15, -0.1) is 0 Å². The van der Waals surface area contributed by atoms with Crippen LogP contribution < -0.4 is 0 Å². The number of carbonyl (C=O) groups is 2. The smallest absolute Gasteiger partial charge is 0.308 e. The number of carbonyl (C=O) groups excluding carboxylic acids is 2. The van der Waals surface area contributed by atoms with E-state index in [1.165, 1.54) is 18.7 Å². The van der Waals surface area contributed by atoms with E-state index in [1.54, 1.807) is 6.92 Å². The number of ether oxygens (including phenoxy) is 1. The first-order chi connectivity index (χ1) is 8.56. The minimum absolute atomic E-state index is 0.133. The van der Waals surface area contributed by atoms with Crippen molar-refractivity contribution in [2.75, 3.05) is 0 Å². The van der Waals surface area contributed by atoms with Crippen LogP contribution in [0.15, 0.2) is 35.6 Å². The molecule has 0 aliphatic heterocycles. The second kappa shape index (κ2) is 5.57. The van der Waals surface area contributed by atoms with Gasteiger partial charge >= 0.3 is 5.97 Å². The summed E-state index contributed by atoms with van der Waals surface area (Å²) in [6.07, 6.45) is 9.61. The van der Waals surface area contributed by atoms with Crippen LogP contribution in [0.4, 0.5) is 0 Å². The summed E-state index contributed by atoms with van der Waals surface area (Å²) in [5, 5.41) is 0.365. The summed E-state index contributed by atoms with van der Waals surface area (Å²) in [6, 6.07) is 0. The molecular weight excluding hydrogens is 248 g/mol. The lowest BCUT2D eigenvalue weighted by atomic mass is 9.92.